The van der Waals surface area contributed by atoms with E-state index in [1.807, 2.05) is 0 Å². The summed E-state index contributed by atoms with van der Waals surface area (Å²) in [6, 6.07) is 2.92. The number of hydrogen-bond donors (Lipinski definition) is 1. The van der Waals surface area contributed by atoms with Gasteiger partial charge in [0.1, 0.15) is 23.6 Å². The minimum Gasteiger partial charge on any atom is -0.491 e. The molecule has 0 aromatic heterocycles. The SMILES string of the molecule is CCOC(=O)C1(COc2c(Br)cc(F)cc2CN2CCNCC2)CC1. The molecule has 0 amide bonds. The fourth-order valence-electron chi connectivity index (χ4n) is 3.06. The van der Waals surface area contributed by atoms with Gasteiger partial charge in [0.25, 0.3) is 0 Å². The molecule has 0 unspecified atom stereocenters. The minimum absolute atomic E-state index is 0.197. The van der Waals surface area contributed by atoms with Crippen molar-refractivity contribution >= 4 is 21.9 Å². The third-order valence-electron chi connectivity index (χ3n) is 4.74. The van der Waals surface area contributed by atoms with E-state index in [-0.39, 0.29) is 18.4 Å². The molecule has 1 heterocycles. The van der Waals surface area contributed by atoms with Crippen molar-refractivity contribution in [3.8, 4) is 5.75 Å². The molecule has 0 atom stereocenters. The summed E-state index contributed by atoms with van der Waals surface area (Å²) >= 11 is 3.41. The smallest absolute Gasteiger partial charge is 0.315 e. The molecule has 5 nitrogen and oxygen atoms in total. The topological polar surface area (TPSA) is 50.8 Å². The molecule has 3 rings (SSSR count). The van der Waals surface area contributed by atoms with Crippen LogP contribution in [0.2, 0.25) is 0 Å². The Kier molecular flexibility index (Phi) is 5.96. The molecule has 1 aromatic carbocycles. The van der Waals surface area contributed by atoms with E-state index in [0.717, 1.165) is 44.6 Å². The van der Waals surface area contributed by atoms with E-state index >= 15 is 0 Å². The highest BCUT2D eigenvalue weighted by molar-refractivity contribution is 9.10. The molecule has 1 N–H and O–H groups in total. The third kappa shape index (κ3) is 4.51. The lowest BCUT2D eigenvalue weighted by atomic mass is 10.1. The largest absolute Gasteiger partial charge is 0.491 e. The summed E-state index contributed by atoms with van der Waals surface area (Å²) in [6.45, 7) is 6.76. The predicted octanol–water partition coefficient (Wildman–Crippen LogP) is 2.72. The summed E-state index contributed by atoms with van der Waals surface area (Å²) in [5, 5.41) is 3.31. The molecule has 138 valence electrons. The van der Waals surface area contributed by atoms with Gasteiger partial charge >= 0.3 is 5.97 Å². The second kappa shape index (κ2) is 8.01. The zero-order chi connectivity index (χ0) is 17.9. The highest BCUT2D eigenvalue weighted by atomic mass is 79.9. The Hall–Kier alpha value is -1.18. The predicted molar refractivity (Wildman–Crippen MR) is 96.0 cm³/mol. The number of nitrogens with zero attached hydrogens (tertiary/aromatic N) is 1. The first-order valence-corrected chi connectivity index (χ1v) is 9.54. The standard InChI is InChI=1S/C18H24BrFN2O3/c1-2-24-17(23)18(3-4-18)12-25-16-13(9-14(20)10-15(16)19)11-22-7-5-21-6-8-22/h9-10,21H,2-8,11-12H2,1H3. The van der Waals surface area contributed by atoms with Crippen LogP contribution in [0.15, 0.2) is 16.6 Å². The van der Waals surface area contributed by atoms with E-state index in [1.54, 1.807) is 6.92 Å². The fourth-order valence-corrected chi connectivity index (χ4v) is 3.64. The van der Waals surface area contributed by atoms with Gasteiger partial charge in [-0.2, -0.15) is 0 Å². The number of carbonyl (C=O) groups excluding carboxylic acids is 1. The highest BCUT2D eigenvalue weighted by Crippen LogP contribution is 2.47. The van der Waals surface area contributed by atoms with Gasteiger partial charge in [0.15, 0.2) is 0 Å². The number of carbonyl (C=O) groups is 1. The maximum absolute atomic E-state index is 13.9. The quantitative estimate of drug-likeness (QED) is 0.695. The molecule has 1 saturated carbocycles. The van der Waals surface area contributed by atoms with Crippen molar-refractivity contribution in [3.63, 3.8) is 0 Å². The fraction of sp³-hybridized carbons (Fsp3) is 0.611. The number of halogens is 2. The lowest BCUT2D eigenvalue weighted by molar-refractivity contribution is -0.150. The first-order valence-electron chi connectivity index (χ1n) is 8.75. The van der Waals surface area contributed by atoms with Crippen LogP contribution in [-0.2, 0) is 16.1 Å². The average molecular weight is 415 g/mol. The number of ether oxygens (including phenoxy) is 2. The maximum Gasteiger partial charge on any atom is 0.315 e. The van der Waals surface area contributed by atoms with Crippen molar-refractivity contribution in [1.29, 1.82) is 0 Å². The van der Waals surface area contributed by atoms with Crippen molar-refractivity contribution < 1.29 is 18.7 Å². The summed E-state index contributed by atoms with van der Waals surface area (Å²) in [7, 11) is 0. The molecule has 1 aromatic rings. The number of benzene rings is 1. The van der Waals surface area contributed by atoms with Gasteiger partial charge in [-0.25, -0.2) is 4.39 Å². The number of hydrogen-bond acceptors (Lipinski definition) is 5. The summed E-state index contributed by atoms with van der Waals surface area (Å²) < 4.78 is 25.6. The van der Waals surface area contributed by atoms with E-state index in [4.69, 9.17) is 9.47 Å². The summed E-state index contributed by atoms with van der Waals surface area (Å²) in [5.74, 6) is 0.128. The first-order chi connectivity index (χ1) is 12.0. The molecule has 25 heavy (non-hydrogen) atoms. The second-order valence-corrected chi connectivity index (χ2v) is 7.55. The normalized spacial score (nSPS) is 19.5. The lowest BCUT2D eigenvalue weighted by Gasteiger charge is -2.28. The molecule has 0 spiro atoms. The Morgan fingerprint density at radius 1 is 1.36 bits per heavy atom. The molecule has 1 saturated heterocycles. The van der Waals surface area contributed by atoms with Gasteiger partial charge in [0.2, 0.25) is 0 Å². The number of esters is 1. The highest BCUT2D eigenvalue weighted by Gasteiger charge is 2.52. The van der Waals surface area contributed by atoms with Crippen LogP contribution in [-0.4, -0.2) is 50.3 Å². The first kappa shape index (κ1) is 18.6. The number of piperazine rings is 1. The van der Waals surface area contributed by atoms with E-state index in [1.165, 1.54) is 12.1 Å². The van der Waals surface area contributed by atoms with Crippen molar-refractivity contribution in [1.82, 2.24) is 10.2 Å². The van der Waals surface area contributed by atoms with Crippen LogP contribution >= 0.6 is 15.9 Å². The monoisotopic (exact) mass is 414 g/mol. The molecule has 1 aliphatic carbocycles. The van der Waals surface area contributed by atoms with E-state index < -0.39 is 5.41 Å². The molecule has 7 heteroatoms. The zero-order valence-electron chi connectivity index (χ0n) is 14.4. The number of rotatable bonds is 7. The van der Waals surface area contributed by atoms with Crippen LogP contribution in [0.3, 0.4) is 0 Å². The Balaban J connectivity index is 1.72. The Morgan fingerprint density at radius 3 is 2.72 bits per heavy atom. The van der Waals surface area contributed by atoms with Crippen molar-refractivity contribution in [3.05, 3.63) is 28.0 Å². The average Bonchev–Trinajstić information content (AvgIpc) is 3.36. The van der Waals surface area contributed by atoms with Crippen molar-refractivity contribution in [2.75, 3.05) is 39.4 Å². The molecular weight excluding hydrogens is 391 g/mol. The van der Waals surface area contributed by atoms with Gasteiger partial charge in [-0.05, 0) is 47.8 Å². The van der Waals surface area contributed by atoms with Crippen molar-refractivity contribution in [2.24, 2.45) is 5.41 Å². The molecular formula is C18H24BrFN2O3. The Labute approximate surface area is 156 Å². The van der Waals surface area contributed by atoms with E-state index in [0.29, 0.717) is 23.4 Å². The van der Waals surface area contributed by atoms with Gasteiger partial charge in [-0.1, -0.05) is 0 Å². The van der Waals surface area contributed by atoms with Crippen molar-refractivity contribution in [2.45, 2.75) is 26.3 Å². The van der Waals surface area contributed by atoms with Gasteiger partial charge in [0.05, 0.1) is 11.1 Å². The molecule has 1 aliphatic heterocycles. The summed E-state index contributed by atoms with van der Waals surface area (Å²) in [5.41, 5.74) is 0.268. The van der Waals surface area contributed by atoms with Crippen LogP contribution in [0, 0.1) is 11.2 Å². The maximum atomic E-state index is 13.9. The number of nitrogens with one attached hydrogen (secondary N) is 1. The van der Waals surface area contributed by atoms with Crippen LogP contribution in [0.1, 0.15) is 25.3 Å². The Bertz CT molecular complexity index is 631. The minimum atomic E-state index is -0.532. The third-order valence-corrected chi connectivity index (χ3v) is 5.33. The van der Waals surface area contributed by atoms with Crippen LogP contribution in [0.4, 0.5) is 4.39 Å². The van der Waals surface area contributed by atoms with Crippen LogP contribution < -0.4 is 10.1 Å². The van der Waals surface area contributed by atoms with Gasteiger partial charge in [-0.15, -0.1) is 0 Å². The van der Waals surface area contributed by atoms with Gasteiger partial charge in [-0.3, -0.25) is 9.69 Å². The molecule has 0 radical (unpaired) electrons. The zero-order valence-corrected chi connectivity index (χ0v) is 16.0. The van der Waals surface area contributed by atoms with Gasteiger partial charge < -0.3 is 14.8 Å². The molecule has 0 bridgehead atoms. The van der Waals surface area contributed by atoms with E-state index in [9.17, 15) is 9.18 Å². The van der Waals surface area contributed by atoms with Gasteiger partial charge in [0, 0.05) is 38.3 Å². The summed E-state index contributed by atoms with van der Waals surface area (Å²) in [4.78, 5) is 14.4. The van der Waals surface area contributed by atoms with Crippen LogP contribution in [0.25, 0.3) is 0 Å². The van der Waals surface area contributed by atoms with Crippen LogP contribution in [0.5, 0.6) is 5.75 Å². The lowest BCUT2D eigenvalue weighted by Crippen LogP contribution is -2.43. The molecule has 2 aliphatic rings. The second-order valence-electron chi connectivity index (χ2n) is 6.69. The van der Waals surface area contributed by atoms with E-state index in [2.05, 4.69) is 26.1 Å². The summed E-state index contributed by atoms with van der Waals surface area (Å²) in [6.07, 6.45) is 1.55. The molecule has 2 fully saturated rings. The Morgan fingerprint density at radius 2 is 2.08 bits per heavy atom.